The molecular formula is C5H5ClF2O. The summed E-state index contributed by atoms with van der Waals surface area (Å²) in [5, 5.41) is -1.44. The summed E-state index contributed by atoms with van der Waals surface area (Å²) in [6.07, 6.45) is -0.560. The van der Waals surface area contributed by atoms with Crippen LogP contribution in [-0.4, -0.2) is 5.78 Å². The highest BCUT2D eigenvalue weighted by atomic mass is 35.5. The van der Waals surface area contributed by atoms with E-state index in [4.69, 9.17) is 0 Å². The first-order valence-electron chi connectivity index (χ1n) is 2.23. The molecule has 0 heterocycles. The van der Waals surface area contributed by atoms with Gasteiger partial charge in [0.1, 0.15) is 5.78 Å². The smallest absolute Gasteiger partial charge is 0.221 e. The van der Waals surface area contributed by atoms with Crippen molar-refractivity contribution in [1.29, 1.82) is 0 Å². The van der Waals surface area contributed by atoms with Gasteiger partial charge in [-0.25, -0.2) is 4.39 Å². The van der Waals surface area contributed by atoms with Crippen LogP contribution in [0.25, 0.3) is 0 Å². The third-order valence-electron chi connectivity index (χ3n) is 0.609. The first kappa shape index (κ1) is 8.56. The molecule has 0 rings (SSSR count). The second-order valence-electron chi connectivity index (χ2n) is 1.54. The van der Waals surface area contributed by atoms with Crippen molar-refractivity contribution in [3.8, 4) is 0 Å². The van der Waals surface area contributed by atoms with E-state index in [1.807, 2.05) is 0 Å². The summed E-state index contributed by atoms with van der Waals surface area (Å²) >= 11 is 4.56. The number of hydrogen-bond donors (Lipinski definition) is 0. The van der Waals surface area contributed by atoms with Crippen molar-refractivity contribution in [3.63, 3.8) is 0 Å². The first-order chi connectivity index (χ1) is 4.04. The lowest BCUT2D eigenvalue weighted by molar-refractivity contribution is -0.116. The van der Waals surface area contributed by atoms with Crippen LogP contribution in [0.4, 0.5) is 8.78 Å². The van der Waals surface area contributed by atoms with Crippen molar-refractivity contribution in [2.24, 2.45) is 0 Å². The Balaban J connectivity index is 3.92. The number of halogens is 3. The Kier molecular flexibility index (Phi) is 3.39. The molecule has 0 fully saturated rings. The van der Waals surface area contributed by atoms with E-state index in [9.17, 15) is 13.6 Å². The van der Waals surface area contributed by atoms with E-state index in [0.717, 1.165) is 6.92 Å². The van der Waals surface area contributed by atoms with Crippen LogP contribution in [-0.2, 0) is 4.79 Å². The number of ketones is 1. The van der Waals surface area contributed by atoms with Crippen LogP contribution in [0.5, 0.6) is 0 Å². The molecule has 0 aliphatic rings. The van der Waals surface area contributed by atoms with Gasteiger partial charge in [-0.05, 0) is 18.5 Å². The van der Waals surface area contributed by atoms with Gasteiger partial charge in [-0.15, -0.1) is 0 Å². The monoisotopic (exact) mass is 154 g/mol. The van der Waals surface area contributed by atoms with Gasteiger partial charge in [-0.1, -0.05) is 0 Å². The van der Waals surface area contributed by atoms with Gasteiger partial charge < -0.3 is 0 Å². The molecule has 52 valence electrons. The van der Waals surface area contributed by atoms with E-state index in [0.29, 0.717) is 0 Å². The molecule has 1 nitrogen and oxygen atoms in total. The molecule has 9 heavy (non-hydrogen) atoms. The number of rotatable bonds is 2. The molecule has 0 aromatic rings. The van der Waals surface area contributed by atoms with E-state index in [-0.39, 0.29) is 0 Å². The molecule has 0 spiro atoms. The van der Waals surface area contributed by atoms with Gasteiger partial charge in [0, 0.05) is 0 Å². The van der Waals surface area contributed by atoms with Gasteiger partial charge >= 0.3 is 0 Å². The van der Waals surface area contributed by atoms with Crippen LogP contribution in [0.2, 0.25) is 0 Å². The highest BCUT2D eigenvalue weighted by Crippen LogP contribution is 2.15. The Labute approximate surface area is 56.3 Å². The molecule has 0 N–H and O–H groups in total. The van der Waals surface area contributed by atoms with Crippen LogP contribution in [0.3, 0.4) is 0 Å². The van der Waals surface area contributed by atoms with Gasteiger partial charge in [0.05, 0.1) is 6.42 Å². The Morgan fingerprint density at radius 2 is 2.00 bits per heavy atom. The van der Waals surface area contributed by atoms with Crippen molar-refractivity contribution in [3.05, 3.63) is 11.1 Å². The highest BCUT2D eigenvalue weighted by Gasteiger charge is 2.04. The lowest BCUT2D eigenvalue weighted by Crippen LogP contribution is -1.89. The van der Waals surface area contributed by atoms with Crippen LogP contribution < -0.4 is 0 Å². The molecule has 0 unspecified atom stereocenters. The number of allylic oxidation sites excluding steroid dienone is 1. The lowest BCUT2D eigenvalue weighted by Gasteiger charge is -1.88. The molecular weight excluding hydrogens is 150 g/mol. The predicted octanol–water partition coefficient (Wildman–Crippen LogP) is 2.31. The molecule has 0 aromatic carbocycles. The third kappa shape index (κ3) is 4.09. The van der Waals surface area contributed by atoms with E-state index < -0.39 is 23.3 Å². The standard InChI is InChI=1S/C5H5ClF2O/c1-3(9)2-4(7)5(6)8/h2H2,1H3/b5-4+. The molecule has 0 radical (unpaired) electrons. The summed E-state index contributed by atoms with van der Waals surface area (Å²) in [6.45, 7) is 1.15. The molecule has 0 saturated heterocycles. The molecule has 0 saturated carbocycles. The number of carbonyl (C=O) groups is 1. The normalized spacial score (nSPS) is 12.9. The largest absolute Gasteiger partial charge is 0.300 e. The minimum atomic E-state index is -1.44. The van der Waals surface area contributed by atoms with Crippen molar-refractivity contribution in [1.82, 2.24) is 0 Å². The van der Waals surface area contributed by atoms with Crippen LogP contribution in [0.15, 0.2) is 11.1 Å². The maximum absolute atomic E-state index is 11.9. The number of carbonyl (C=O) groups excluding carboxylic acids is 1. The lowest BCUT2D eigenvalue weighted by atomic mass is 10.3. The van der Waals surface area contributed by atoms with Gasteiger partial charge in [-0.3, -0.25) is 4.79 Å². The summed E-state index contributed by atoms with van der Waals surface area (Å²) in [6, 6.07) is 0. The number of hydrogen-bond acceptors (Lipinski definition) is 1. The van der Waals surface area contributed by atoms with E-state index in [1.54, 1.807) is 0 Å². The first-order valence-corrected chi connectivity index (χ1v) is 2.61. The second-order valence-corrected chi connectivity index (χ2v) is 1.88. The Bertz CT molecular complexity index is 149. The van der Waals surface area contributed by atoms with Crippen molar-refractivity contribution in [2.75, 3.05) is 0 Å². The van der Waals surface area contributed by atoms with E-state index >= 15 is 0 Å². The van der Waals surface area contributed by atoms with E-state index in [2.05, 4.69) is 11.6 Å². The fourth-order valence-electron chi connectivity index (χ4n) is 0.285. The van der Waals surface area contributed by atoms with Gasteiger partial charge in [0.2, 0.25) is 5.29 Å². The van der Waals surface area contributed by atoms with Gasteiger partial charge in [0.15, 0.2) is 5.83 Å². The average molecular weight is 155 g/mol. The predicted molar refractivity (Wildman–Crippen MR) is 30.4 cm³/mol. The van der Waals surface area contributed by atoms with Crippen LogP contribution >= 0.6 is 11.6 Å². The molecule has 0 atom stereocenters. The van der Waals surface area contributed by atoms with E-state index in [1.165, 1.54) is 0 Å². The zero-order chi connectivity index (χ0) is 7.44. The maximum atomic E-state index is 11.9. The summed E-state index contributed by atoms with van der Waals surface area (Å²) < 4.78 is 23.5. The molecule has 0 bridgehead atoms. The topological polar surface area (TPSA) is 17.1 Å². The minimum Gasteiger partial charge on any atom is -0.300 e. The Morgan fingerprint density at radius 3 is 2.11 bits per heavy atom. The molecule has 4 heteroatoms. The maximum Gasteiger partial charge on any atom is 0.221 e. The highest BCUT2D eigenvalue weighted by molar-refractivity contribution is 6.28. The fraction of sp³-hybridized carbons (Fsp3) is 0.400. The minimum absolute atomic E-state index is 0.455. The van der Waals surface area contributed by atoms with Crippen LogP contribution in [0, 0.1) is 0 Å². The van der Waals surface area contributed by atoms with Crippen molar-refractivity contribution >= 4 is 17.4 Å². The fourth-order valence-corrected chi connectivity index (χ4v) is 0.352. The summed E-state index contributed by atoms with van der Waals surface area (Å²) in [7, 11) is 0. The number of Topliss-reactive ketones (excluding diaryl/α,β-unsaturated/α-hetero) is 1. The summed E-state index contributed by atoms with van der Waals surface area (Å²) in [5.74, 6) is -1.66. The Morgan fingerprint density at radius 1 is 1.56 bits per heavy atom. The quantitative estimate of drug-likeness (QED) is 0.597. The SMILES string of the molecule is CC(=O)C/C(F)=C(\F)Cl. The molecule has 0 aliphatic heterocycles. The Hall–Kier alpha value is -0.440. The average Bonchev–Trinajstić information content (AvgIpc) is 1.63. The van der Waals surface area contributed by atoms with Gasteiger partial charge in [0.25, 0.3) is 0 Å². The summed E-state index contributed by atoms with van der Waals surface area (Å²) in [5.41, 5.74) is 0. The second kappa shape index (κ2) is 3.56. The van der Waals surface area contributed by atoms with Crippen LogP contribution in [0.1, 0.15) is 13.3 Å². The van der Waals surface area contributed by atoms with Gasteiger partial charge in [-0.2, -0.15) is 4.39 Å². The third-order valence-corrected chi connectivity index (χ3v) is 0.814. The molecule has 0 aliphatic carbocycles. The molecule has 0 aromatic heterocycles. The zero-order valence-corrected chi connectivity index (χ0v) is 5.51. The zero-order valence-electron chi connectivity index (χ0n) is 4.75. The summed E-state index contributed by atoms with van der Waals surface area (Å²) in [4.78, 5) is 10.1. The molecule has 0 amide bonds. The van der Waals surface area contributed by atoms with Crippen molar-refractivity contribution < 1.29 is 13.6 Å². The van der Waals surface area contributed by atoms with Crippen molar-refractivity contribution in [2.45, 2.75) is 13.3 Å².